The summed E-state index contributed by atoms with van der Waals surface area (Å²) in [6.07, 6.45) is 1.32. The quantitative estimate of drug-likeness (QED) is 0.693. The monoisotopic (exact) mass is 498 g/mol. The minimum atomic E-state index is -3.82. The van der Waals surface area contributed by atoms with Crippen molar-refractivity contribution < 1.29 is 22.7 Å². The molecule has 0 bridgehead atoms. The molecule has 0 aliphatic carbocycles. The molecular weight excluding hydrogens is 468 g/mol. The Morgan fingerprint density at radius 2 is 1.80 bits per heavy atom. The zero-order valence-corrected chi connectivity index (χ0v) is 20.6. The summed E-state index contributed by atoms with van der Waals surface area (Å²) < 4.78 is 34.0. The number of carbonyl (C=O) groups excluding carboxylic acids is 2. The molecule has 1 N–H and O–H groups in total. The van der Waals surface area contributed by atoms with E-state index in [0.717, 1.165) is 18.8 Å². The van der Waals surface area contributed by atoms with Crippen molar-refractivity contribution in [1.29, 1.82) is 0 Å². The number of benzene rings is 2. The molecule has 2 saturated heterocycles. The van der Waals surface area contributed by atoms with Crippen molar-refractivity contribution in [3.63, 3.8) is 0 Å². The van der Waals surface area contributed by atoms with Crippen molar-refractivity contribution in [3.05, 3.63) is 48.0 Å². The minimum Gasteiger partial charge on any atom is -0.482 e. The van der Waals surface area contributed by atoms with E-state index in [1.54, 1.807) is 13.0 Å². The Morgan fingerprint density at radius 3 is 2.54 bits per heavy atom. The molecule has 35 heavy (non-hydrogen) atoms. The molecule has 186 valence electrons. The predicted octanol–water partition coefficient (Wildman–Crippen LogP) is 2.08. The van der Waals surface area contributed by atoms with Gasteiger partial charge in [0.05, 0.1) is 16.5 Å². The standard InChI is InChI=1S/C25H30N4O5S/c1-18-14-21-22(34-17-24(30)26-21)15-23(18)35(32,33)29-9-5-6-19(16-29)25(31)28-12-10-27(11-13-28)20-7-3-2-4-8-20/h2-4,7-8,14-15,19H,5-6,9-13,16-17H2,1H3,(H,26,30)/t19-/m1/s1. The van der Waals surface area contributed by atoms with Gasteiger partial charge in [-0.05, 0) is 43.5 Å². The Balaban J connectivity index is 1.27. The molecule has 10 heteroatoms. The second-order valence-corrected chi connectivity index (χ2v) is 11.2. The van der Waals surface area contributed by atoms with Gasteiger partial charge < -0.3 is 19.9 Å². The number of amides is 2. The first kappa shape index (κ1) is 23.6. The lowest BCUT2D eigenvalue weighted by molar-refractivity contribution is -0.137. The Morgan fingerprint density at radius 1 is 1.06 bits per heavy atom. The van der Waals surface area contributed by atoms with Crippen molar-refractivity contribution in [2.45, 2.75) is 24.7 Å². The fourth-order valence-corrected chi connectivity index (χ4v) is 6.82. The molecule has 2 aromatic carbocycles. The van der Waals surface area contributed by atoms with E-state index in [0.29, 0.717) is 49.5 Å². The topological polar surface area (TPSA) is 99.3 Å². The van der Waals surface area contributed by atoms with Crippen LogP contribution in [-0.4, -0.2) is 75.3 Å². The number of para-hydroxylation sites is 1. The predicted molar refractivity (Wildman–Crippen MR) is 132 cm³/mol. The third kappa shape index (κ3) is 4.72. The normalized spacial score (nSPS) is 21.2. The van der Waals surface area contributed by atoms with E-state index in [4.69, 9.17) is 4.74 Å². The van der Waals surface area contributed by atoms with E-state index in [-0.39, 0.29) is 35.8 Å². The Kier molecular flexibility index (Phi) is 6.41. The van der Waals surface area contributed by atoms with E-state index in [1.807, 2.05) is 23.1 Å². The van der Waals surface area contributed by atoms with Gasteiger partial charge in [0.25, 0.3) is 5.91 Å². The third-order valence-corrected chi connectivity index (χ3v) is 8.98. The van der Waals surface area contributed by atoms with E-state index < -0.39 is 10.0 Å². The summed E-state index contributed by atoms with van der Waals surface area (Å²) in [5, 5.41) is 2.70. The van der Waals surface area contributed by atoms with Crippen molar-refractivity contribution in [2.75, 3.05) is 56.1 Å². The SMILES string of the molecule is Cc1cc2c(cc1S(=O)(=O)N1CCC[C@@H](C(=O)N3CCN(c4ccccc4)CC3)C1)OCC(=O)N2. The second-order valence-electron chi connectivity index (χ2n) is 9.30. The largest absolute Gasteiger partial charge is 0.482 e. The number of sulfonamides is 1. The first-order chi connectivity index (χ1) is 16.8. The Bertz CT molecular complexity index is 1230. The Labute approximate surface area is 205 Å². The van der Waals surface area contributed by atoms with Crippen LogP contribution in [0.3, 0.4) is 0 Å². The highest BCUT2D eigenvalue weighted by Gasteiger charge is 2.37. The molecule has 1 atom stereocenters. The molecule has 0 aromatic heterocycles. The number of nitrogens with zero attached hydrogens (tertiary/aromatic N) is 3. The molecule has 0 spiro atoms. The van der Waals surface area contributed by atoms with Crippen LogP contribution < -0.4 is 15.0 Å². The fraction of sp³-hybridized carbons (Fsp3) is 0.440. The van der Waals surface area contributed by atoms with Gasteiger partial charge in [-0.25, -0.2) is 8.42 Å². The van der Waals surface area contributed by atoms with Crippen LogP contribution in [0.4, 0.5) is 11.4 Å². The van der Waals surface area contributed by atoms with Crippen molar-refractivity contribution >= 4 is 33.2 Å². The summed E-state index contributed by atoms with van der Waals surface area (Å²) in [6, 6.07) is 13.3. The fourth-order valence-electron chi connectivity index (χ4n) is 5.08. The maximum atomic E-state index is 13.6. The van der Waals surface area contributed by atoms with Crippen LogP contribution in [0.25, 0.3) is 0 Å². The molecule has 2 aromatic rings. The molecule has 2 amide bonds. The van der Waals surface area contributed by atoms with Gasteiger partial charge in [0.15, 0.2) is 6.61 Å². The highest BCUT2D eigenvalue weighted by Crippen LogP contribution is 2.35. The van der Waals surface area contributed by atoms with E-state index in [2.05, 4.69) is 22.3 Å². The molecule has 0 radical (unpaired) electrons. The molecule has 2 fully saturated rings. The summed E-state index contributed by atoms with van der Waals surface area (Å²) in [5.41, 5.74) is 2.15. The smallest absolute Gasteiger partial charge is 0.262 e. The van der Waals surface area contributed by atoms with Crippen LogP contribution in [0.15, 0.2) is 47.4 Å². The average Bonchev–Trinajstić information content (AvgIpc) is 2.88. The van der Waals surface area contributed by atoms with Crippen molar-refractivity contribution in [1.82, 2.24) is 9.21 Å². The van der Waals surface area contributed by atoms with Gasteiger partial charge in [0, 0.05) is 51.0 Å². The van der Waals surface area contributed by atoms with Gasteiger partial charge in [0.1, 0.15) is 5.75 Å². The van der Waals surface area contributed by atoms with Gasteiger partial charge >= 0.3 is 0 Å². The minimum absolute atomic E-state index is 0.0332. The number of aryl methyl sites for hydroxylation is 1. The number of nitrogens with one attached hydrogen (secondary N) is 1. The van der Waals surface area contributed by atoms with Crippen LogP contribution in [-0.2, 0) is 19.6 Å². The average molecular weight is 499 g/mol. The molecule has 0 saturated carbocycles. The number of ether oxygens (including phenoxy) is 1. The van der Waals surface area contributed by atoms with Crippen LogP contribution in [0.5, 0.6) is 5.75 Å². The summed E-state index contributed by atoms with van der Waals surface area (Å²) in [4.78, 5) is 29.2. The van der Waals surface area contributed by atoms with E-state index >= 15 is 0 Å². The molecule has 0 unspecified atom stereocenters. The highest BCUT2D eigenvalue weighted by molar-refractivity contribution is 7.89. The molecule has 5 rings (SSSR count). The van der Waals surface area contributed by atoms with Gasteiger partial charge in [-0.3, -0.25) is 9.59 Å². The number of rotatable bonds is 4. The number of carbonyl (C=O) groups is 2. The Hall–Kier alpha value is -3.11. The van der Waals surface area contributed by atoms with Gasteiger partial charge in [-0.15, -0.1) is 0 Å². The summed E-state index contributed by atoms with van der Waals surface area (Å²) >= 11 is 0. The number of piperazine rings is 1. The third-order valence-electron chi connectivity index (χ3n) is 6.97. The van der Waals surface area contributed by atoms with Gasteiger partial charge in [-0.1, -0.05) is 18.2 Å². The van der Waals surface area contributed by atoms with Crippen LogP contribution in [0.1, 0.15) is 18.4 Å². The van der Waals surface area contributed by atoms with Crippen molar-refractivity contribution in [3.8, 4) is 5.75 Å². The highest BCUT2D eigenvalue weighted by atomic mass is 32.2. The van der Waals surface area contributed by atoms with E-state index in [1.165, 1.54) is 10.4 Å². The molecule has 9 nitrogen and oxygen atoms in total. The van der Waals surface area contributed by atoms with Crippen LogP contribution in [0, 0.1) is 12.8 Å². The number of hydrogen-bond donors (Lipinski definition) is 1. The second kappa shape index (κ2) is 9.50. The van der Waals surface area contributed by atoms with Gasteiger partial charge in [-0.2, -0.15) is 4.31 Å². The van der Waals surface area contributed by atoms with Gasteiger partial charge in [0.2, 0.25) is 15.9 Å². The zero-order chi connectivity index (χ0) is 24.6. The number of fused-ring (bicyclic) bond motifs is 1. The summed E-state index contributed by atoms with van der Waals surface area (Å²) in [5.74, 6) is -0.245. The number of anilines is 2. The van der Waals surface area contributed by atoms with E-state index in [9.17, 15) is 18.0 Å². The van der Waals surface area contributed by atoms with Crippen molar-refractivity contribution in [2.24, 2.45) is 5.92 Å². The molecule has 3 aliphatic rings. The molecule has 3 aliphatic heterocycles. The first-order valence-corrected chi connectivity index (χ1v) is 13.4. The maximum Gasteiger partial charge on any atom is 0.262 e. The molecule has 3 heterocycles. The number of hydrogen-bond acceptors (Lipinski definition) is 6. The number of piperidine rings is 1. The summed E-state index contributed by atoms with van der Waals surface area (Å²) in [6.45, 7) is 4.88. The lowest BCUT2D eigenvalue weighted by Crippen LogP contribution is -2.53. The maximum absolute atomic E-state index is 13.6. The van der Waals surface area contributed by atoms with Crippen LogP contribution in [0.2, 0.25) is 0 Å². The van der Waals surface area contributed by atoms with Crippen LogP contribution >= 0.6 is 0 Å². The zero-order valence-electron chi connectivity index (χ0n) is 19.8. The molecular formula is C25H30N4O5S. The lowest BCUT2D eigenvalue weighted by atomic mass is 9.97. The summed E-state index contributed by atoms with van der Waals surface area (Å²) in [7, 11) is -3.82. The first-order valence-electron chi connectivity index (χ1n) is 12.0. The lowest BCUT2D eigenvalue weighted by Gasteiger charge is -2.39.